The van der Waals surface area contributed by atoms with E-state index in [-0.39, 0.29) is 10.4 Å². The lowest BCUT2D eigenvalue weighted by atomic mass is 10.2. The first-order valence-electron chi connectivity index (χ1n) is 3.39. The van der Waals surface area contributed by atoms with Crippen molar-refractivity contribution < 1.29 is 28.1 Å². The Morgan fingerprint density at radius 3 is 2.50 bits per heavy atom. The van der Waals surface area contributed by atoms with Gasteiger partial charge in [0.1, 0.15) is 4.88 Å². The SMILES string of the molecule is Cc1sc(C(F)(F)F)cc1C(=O)OO. The molecule has 0 fully saturated rings. The van der Waals surface area contributed by atoms with Gasteiger partial charge in [0, 0.05) is 4.88 Å². The Bertz CT molecular complexity index is 356. The van der Waals surface area contributed by atoms with Gasteiger partial charge in [-0.15, -0.1) is 11.3 Å². The molecule has 1 N–H and O–H groups in total. The summed E-state index contributed by atoms with van der Waals surface area (Å²) in [7, 11) is 0. The molecule has 7 heteroatoms. The van der Waals surface area contributed by atoms with Gasteiger partial charge < -0.3 is 0 Å². The zero-order valence-corrected chi connectivity index (χ0v) is 7.70. The van der Waals surface area contributed by atoms with Gasteiger partial charge in [0.25, 0.3) is 0 Å². The van der Waals surface area contributed by atoms with Crippen LogP contribution < -0.4 is 0 Å². The monoisotopic (exact) mass is 226 g/mol. The van der Waals surface area contributed by atoms with Crippen molar-refractivity contribution in [1.82, 2.24) is 0 Å². The van der Waals surface area contributed by atoms with Gasteiger partial charge in [0.05, 0.1) is 5.56 Å². The minimum absolute atomic E-state index is 0.149. The van der Waals surface area contributed by atoms with Crippen molar-refractivity contribution in [3.8, 4) is 0 Å². The lowest BCUT2D eigenvalue weighted by molar-refractivity contribution is -0.182. The molecule has 0 aromatic carbocycles. The number of halogens is 3. The van der Waals surface area contributed by atoms with Crippen LogP contribution in [0.3, 0.4) is 0 Å². The lowest BCUT2D eigenvalue weighted by Gasteiger charge is -2.00. The van der Waals surface area contributed by atoms with E-state index >= 15 is 0 Å². The summed E-state index contributed by atoms with van der Waals surface area (Å²) in [6.45, 7) is 1.34. The van der Waals surface area contributed by atoms with E-state index in [4.69, 9.17) is 5.26 Å². The smallest absolute Gasteiger partial charge is 0.295 e. The summed E-state index contributed by atoms with van der Waals surface area (Å²) in [4.78, 5) is 13.3. The van der Waals surface area contributed by atoms with Gasteiger partial charge in [-0.2, -0.15) is 18.4 Å². The molecule has 0 amide bonds. The third-order valence-electron chi connectivity index (χ3n) is 1.50. The van der Waals surface area contributed by atoms with Crippen molar-refractivity contribution in [3.05, 3.63) is 21.4 Å². The maximum Gasteiger partial charge on any atom is 0.425 e. The van der Waals surface area contributed by atoms with Gasteiger partial charge in [0.15, 0.2) is 0 Å². The molecule has 0 saturated carbocycles. The van der Waals surface area contributed by atoms with Crippen LogP contribution >= 0.6 is 11.3 Å². The topological polar surface area (TPSA) is 46.5 Å². The van der Waals surface area contributed by atoms with Crippen LogP contribution in [0.4, 0.5) is 13.2 Å². The molecule has 0 aliphatic heterocycles. The molecular weight excluding hydrogens is 221 g/mol. The van der Waals surface area contributed by atoms with Crippen LogP contribution in [0.15, 0.2) is 6.07 Å². The molecule has 0 unspecified atom stereocenters. The quantitative estimate of drug-likeness (QED) is 0.591. The zero-order chi connectivity index (χ0) is 10.9. The van der Waals surface area contributed by atoms with Crippen molar-refractivity contribution in [2.45, 2.75) is 13.1 Å². The third-order valence-corrected chi connectivity index (χ3v) is 2.60. The molecule has 1 aromatic heterocycles. The van der Waals surface area contributed by atoms with E-state index in [0.29, 0.717) is 17.4 Å². The van der Waals surface area contributed by atoms with Gasteiger partial charge >= 0.3 is 12.1 Å². The molecule has 0 radical (unpaired) electrons. The highest BCUT2D eigenvalue weighted by molar-refractivity contribution is 7.12. The number of alkyl halides is 3. The molecule has 1 heterocycles. The fourth-order valence-corrected chi connectivity index (χ4v) is 1.75. The van der Waals surface area contributed by atoms with Crippen molar-refractivity contribution in [2.75, 3.05) is 0 Å². The molecule has 0 atom stereocenters. The van der Waals surface area contributed by atoms with Crippen molar-refractivity contribution >= 4 is 17.3 Å². The summed E-state index contributed by atoms with van der Waals surface area (Å²) in [6, 6.07) is 0.651. The van der Waals surface area contributed by atoms with Crippen LogP contribution in [0.1, 0.15) is 20.1 Å². The summed E-state index contributed by atoms with van der Waals surface area (Å²) in [5.41, 5.74) is -0.273. The first-order chi connectivity index (χ1) is 6.36. The van der Waals surface area contributed by atoms with Crippen molar-refractivity contribution in [2.24, 2.45) is 0 Å². The van der Waals surface area contributed by atoms with Gasteiger partial charge in [-0.05, 0) is 13.0 Å². The molecule has 0 aliphatic rings. The van der Waals surface area contributed by atoms with Crippen LogP contribution in [0.2, 0.25) is 0 Å². The summed E-state index contributed by atoms with van der Waals surface area (Å²) < 4.78 is 36.4. The second-order valence-electron chi connectivity index (χ2n) is 2.46. The highest BCUT2D eigenvalue weighted by Crippen LogP contribution is 2.36. The fraction of sp³-hybridized carbons (Fsp3) is 0.286. The molecule has 0 aliphatic carbocycles. The second-order valence-corrected chi connectivity index (χ2v) is 3.71. The first kappa shape index (κ1) is 11.0. The van der Waals surface area contributed by atoms with Gasteiger partial charge in [0.2, 0.25) is 0 Å². The Morgan fingerprint density at radius 2 is 2.14 bits per heavy atom. The van der Waals surface area contributed by atoms with Gasteiger partial charge in [-0.25, -0.2) is 4.79 Å². The Kier molecular flexibility index (Phi) is 2.81. The van der Waals surface area contributed by atoms with E-state index in [1.54, 1.807) is 0 Å². The average Bonchev–Trinajstić information content (AvgIpc) is 2.45. The zero-order valence-electron chi connectivity index (χ0n) is 6.88. The summed E-state index contributed by atoms with van der Waals surface area (Å²) in [5, 5.41) is 8.00. The average molecular weight is 226 g/mol. The van der Waals surface area contributed by atoms with Crippen LogP contribution in [-0.2, 0) is 11.1 Å². The maximum atomic E-state index is 12.1. The van der Waals surface area contributed by atoms with Crippen LogP contribution in [0, 0.1) is 6.92 Å². The second kappa shape index (κ2) is 3.58. The van der Waals surface area contributed by atoms with Crippen molar-refractivity contribution in [3.63, 3.8) is 0 Å². The maximum absolute atomic E-state index is 12.1. The number of hydrogen-bond acceptors (Lipinski definition) is 4. The normalized spacial score (nSPS) is 11.5. The van der Waals surface area contributed by atoms with E-state index < -0.39 is 17.0 Å². The Balaban J connectivity index is 3.12. The Labute approximate surface area is 80.7 Å². The molecule has 78 valence electrons. The molecule has 1 aromatic rings. The summed E-state index contributed by atoms with van der Waals surface area (Å²) in [5.74, 6) is -1.19. The van der Waals surface area contributed by atoms with Crippen LogP contribution in [0.5, 0.6) is 0 Å². The largest absolute Gasteiger partial charge is 0.425 e. The molecule has 0 saturated heterocycles. The number of hydrogen-bond donors (Lipinski definition) is 1. The van der Waals surface area contributed by atoms with Crippen molar-refractivity contribution in [1.29, 1.82) is 0 Å². The first-order valence-corrected chi connectivity index (χ1v) is 4.21. The van der Waals surface area contributed by atoms with Crippen LogP contribution in [0.25, 0.3) is 0 Å². The minimum Gasteiger partial charge on any atom is -0.295 e. The number of rotatable bonds is 1. The van der Waals surface area contributed by atoms with E-state index in [0.717, 1.165) is 0 Å². The molecule has 0 bridgehead atoms. The van der Waals surface area contributed by atoms with E-state index in [9.17, 15) is 18.0 Å². The third kappa shape index (κ3) is 2.05. The predicted molar refractivity (Wildman–Crippen MR) is 42.1 cm³/mol. The van der Waals surface area contributed by atoms with E-state index in [1.165, 1.54) is 6.92 Å². The Morgan fingerprint density at radius 1 is 1.57 bits per heavy atom. The fourth-order valence-electron chi connectivity index (χ4n) is 0.874. The lowest BCUT2D eigenvalue weighted by Crippen LogP contribution is -2.03. The summed E-state index contributed by atoms with van der Waals surface area (Å²) >= 11 is 0.428. The number of carbonyl (C=O) groups is 1. The standard InChI is InChI=1S/C7H5F3O3S/c1-3-4(6(11)13-12)2-5(14-3)7(8,9)10/h2,12H,1H3. The number of thiophene rings is 1. The molecule has 3 nitrogen and oxygen atoms in total. The molecule has 14 heavy (non-hydrogen) atoms. The predicted octanol–water partition coefficient (Wildman–Crippen LogP) is 2.71. The van der Waals surface area contributed by atoms with Crippen LogP contribution in [-0.4, -0.2) is 11.2 Å². The summed E-state index contributed by atoms with van der Waals surface area (Å²) in [6.07, 6.45) is -4.48. The van der Waals surface area contributed by atoms with E-state index in [1.807, 2.05) is 0 Å². The molecule has 0 spiro atoms. The highest BCUT2D eigenvalue weighted by atomic mass is 32.1. The van der Waals surface area contributed by atoms with Gasteiger partial charge in [-0.1, -0.05) is 0 Å². The highest BCUT2D eigenvalue weighted by Gasteiger charge is 2.34. The minimum atomic E-state index is -4.48. The Hall–Kier alpha value is -1.08. The molecule has 1 rings (SSSR count). The van der Waals surface area contributed by atoms with E-state index in [2.05, 4.69) is 4.89 Å². The van der Waals surface area contributed by atoms with Gasteiger partial charge in [-0.3, -0.25) is 4.89 Å². The number of carbonyl (C=O) groups excluding carboxylic acids is 1. The molecular formula is C7H5F3O3S. The number of aryl methyl sites for hydroxylation is 1.